The van der Waals surface area contributed by atoms with Gasteiger partial charge in [0, 0.05) is 18.3 Å². The highest BCUT2D eigenvalue weighted by Crippen LogP contribution is 2.34. The molecule has 0 fully saturated rings. The zero-order valence-corrected chi connectivity index (χ0v) is 16.0. The second kappa shape index (κ2) is 11.4. The maximum Gasteiger partial charge on any atom is 0.133 e. The Morgan fingerprint density at radius 1 is 0.778 bits per heavy atom. The molecule has 27 heavy (non-hydrogen) atoms. The SMILES string of the molecule is COc1cc(OC)c(/C=C/C=C/C=C\C=NCc2ccccc2)c(OC)c1. The minimum atomic E-state index is 0.686. The van der Waals surface area contributed by atoms with Crippen molar-refractivity contribution in [2.45, 2.75) is 6.54 Å². The molecule has 0 spiro atoms. The molecule has 0 amide bonds. The Kier molecular flexibility index (Phi) is 8.44. The van der Waals surface area contributed by atoms with Crippen LogP contribution < -0.4 is 14.2 Å². The van der Waals surface area contributed by atoms with Crippen LogP contribution in [-0.4, -0.2) is 27.5 Å². The molecule has 0 atom stereocenters. The zero-order valence-electron chi connectivity index (χ0n) is 16.0. The molecular formula is C23H25NO3. The Hall–Kier alpha value is -3.27. The highest BCUT2D eigenvalue weighted by Gasteiger charge is 2.10. The summed E-state index contributed by atoms with van der Waals surface area (Å²) in [5.74, 6) is 2.08. The largest absolute Gasteiger partial charge is 0.496 e. The minimum Gasteiger partial charge on any atom is -0.496 e. The third kappa shape index (κ3) is 6.51. The molecule has 0 radical (unpaired) electrons. The van der Waals surface area contributed by atoms with E-state index in [9.17, 15) is 0 Å². The number of hydrogen-bond donors (Lipinski definition) is 0. The smallest absolute Gasteiger partial charge is 0.133 e. The molecule has 0 aliphatic rings. The number of rotatable bonds is 9. The molecule has 2 rings (SSSR count). The summed E-state index contributed by atoms with van der Waals surface area (Å²) in [6, 6.07) is 13.8. The molecule has 0 aromatic heterocycles. The molecule has 4 heteroatoms. The van der Waals surface area contributed by atoms with Crippen LogP contribution in [0.4, 0.5) is 0 Å². The fourth-order valence-corrected chi connectivity index (χ4v) is 2.39. The lowest BCUT2D eigenvalue weighted by molar-refractivity contribution is 0.374. The van der Waals surface area contributed by atoms with Crippen molar-refractivity contribution in [3.8, 4) is 17.2 Å². The van der Waals surface area contributed by atoms with Crippen molar-refractivity contribution in [2.75, 3.05) is 21.3 Å². The van der Waals surface area contributed by atoms with E-state index in [-0.39, 0.29) is 0 Å². The lowest BCUT2D eigenvalue weighted by Crippen LogP contribution is -1.94. The number of methoxy groups -OCH3 is 3. The van der Waals surface area contributed by atoms with Crippen molar-refractivity contribution < 1.29 is 14.2 Å². The number of benzene rings is 2. The molecular weight excluding hydrogens is 338 g/mol. The summed E-state index contributed by atoms with van der Waals surface area (Å²) in [4.78, 5) is 4.36. The predicted octanol–water partition coefficient (Wildman–Crippen LogP) is 5.11. The molecule has 140 valence electrons. The van der Waals surface area contributed by atoms with E-state index < -0.39 is 0 Å². The molecule has 0 aliphatic heterocycles. The van der Waals surface area contributed by atoms with Crippen LogP contribution in [0, 0.1) is 0 Å². The van der Waals surface area contributed by atoms with Gasteiger partial charge in [-0.25, -0.2) is 0 Å². The van der Waals surface area contributed by atoms with Gasteiger partial charge in [0.15, 0.2) is 0 Å². The summed E-state index contributed by atoms with van der Waals surface area (Å²) in [5, 5.41) is 0. The maximum atomic E-state index is 5.42. The van der Waals surface area contributed by atoms with Gasteiger partial charge in [-0.1, -0.05) is 54.6 Å². The number of ether oxygens (including phenoxy) is 3. The lowest BCUT2D eigenvalue weighted by Gasteiger charge is -2.12. The zero-order chi connectivity index (χ0) is 19.3. The van der Waals surface area contributed by atoms with E-state index in [1.54, 1.807) is 27.5 Å². The quantitative estimate of drug-likeness (QED) is 0.459. The van der Waals surface area contributed by atoms with Crippen molar-refractivity contribution in [1.82, 2.24) is 0 Å². The third-order valence-corrected chi connectivity index (χ3v) is 3.77. The Morgan fingerprint density at radius 2 is 1.41 bits per heavy atom. The number of aliphatic imine (C=N–C) groups is 1. The molecule has 0 saturated heterocycles. The van der Waals surface area contributed by atoms with Crippen LogP contribution in [0.25, 0.3) is 6.08 Å². The summed E-state index contributed by atoms with van der Waals surface area (Å²) >= 11 is 0. The average Bonchev–Trinajstić information content (AvgIpc) is 2.72. The van der Waals surface area contributed by atoms with Gasteiger partial charge in [0.2, 0.25) is 0 Å². The van der Waals surface area contributed by atoms with Crippen molar-refractivity contribution >= 4 is 12.3 Å². The molecule has 2 aromatic carbocycles. The predicted molar refractivity (Wildman–Crippen MR) is 112 cm³/mol. The molecule has 0 bridgehead atoms. The molecule has 0 aliphatic carbocycles. The molecule has 0 saturated carbocycles. The van der Waals surface area contributed by atoms with Crippen LogP contribution >= 0.6 is 0 Å². The van der Waals surface area contributed by atoms with Crippen molar-refractivity contribution in [3.05, 3.63) is 84.0 Å². The second-order valence-electron chi connectivity index (χ2n) is 5.55. The Bertz CT molecular complexity index is 796. The number of hydrogen-bond acceptors (Lipinski definition) is 4. The maximum absolute atomic E-state index is 5.42. The van der Waals surface area contributed by atoms with Crippen LogP contribution in [0.3, 0.4) is 0 Å². The Balaban J connectivity index is 1.92. The van der Waals surface area contributed by atoms with Crippen LogP contribution in [0.5, 0.6) is 17.2 Å². The summed E-state index contributed by atoms with van der Waals surface area (Å²) in [5.41, 5.74) is 2.06. The first-order chi connectivity index (χ1) is 13.3. The van der Waals surface area contributed by atoms with Crippen molar-refractivity contribution in [1.29, 1.82) is 0 Å². The highest BCUT2D eigenvalue weighted by molar-refractivity contribution is 5.71. The van der Waals surface area contributed by atoms with E-state index in [0.29, 0.717) is 23.8 Å². The summed E-state index contributed by atoms with van der Waals surface area (Å²) in [6.07, 6.45) is 13.4. The summed E-state index contributed by atoms with van der Waals surface area (Å²) in [7, 11) is 4.86. The van der Waals surface area contributed by atoms with E-state index in [1.807, 2.05) is 66.8 Å². The van der Waals surface area contributed by atoms with Crippen molar-refractivity contribution in [2.24, 2.45) is 4.99 Å². The van der Waals surface area contributed by atoms with Gasteiger partial charge in [0.05, 0.1) is 33.4 Å². The van der Waals surface area contributed by atoms with E-state index in [1.165, 1.54) is 5.56 Å². The highest BCUT2D eigenvalue weighted by atomic mass is 16.5. The van der Waals surface area contributed by atoms with Crippen LogP contribution in [-0.2, 0) is 6.54 Å². The van der Waals surface area contributed by atoms with Gasteiger partial charge in [-0.05, 0) is 17.7 Å². The lowest BCUT2D eigenvalue weighted by atomic mass is 10.1. The fourth-order valence-electron chi connectivity index (χ4n) is 2.39. The first kappa shape index (κ1) is 20.0. The summed E-state index contributed by atoms with van der Waals surface area (Å²) < 4.78 is 16.1. The number of allylic oxidation sites excluding steroid dienone is 5. The van der Waals surface area contributed by atoms with Gasteiger partial charge in [0.25, 0.3) is 0 Å². The van der Waals surface area contributed by atoms with Crippen LogP contribution in [0.15, 0.2) is 77.8 Å². The number of nitrogens with zero attached hydrogens (tertiary/aromatic N) is 1. The standard InChI is InChI=1S/C23H25NO3/c1-25-20-16-22(26-2)21(23(17-20)27-3)14-10-5-4-6-11-15-24-18-19-12-8-7-9-13-19/h4-17H,18H2,1-3H3/b5-4+,11-6-,14-10+,24-15?. The van der Waals surface area contributed by atoms with Crippen molar-refractivity contribution in [3.63, 3.8) is 0 Å². The average molecular weight is 363 g/mol. The monoisotopic (exact) mass is 363 g/mol. The van der Waals surface area contributed by atoms with E-state index in [0.717, 1.165) is 5.56 Å². The molecule has 2 aromatic rings. The Labute approximate surface area is 161 Å². The molecule has 4 nitrogen and oxygen atoms in total. The molecule has 0 N–H and O–H groups in total. The van der Waals surface area contributed by atoms with E-state index in [2.05, 4.69) is 17.1 Å². The molecule has 0 unspecified atom stereocenters. The first-order valence-electron chi connectivity index (χ1n) is 8.62. The normalized spacial score (nSPS) is 11.8. The minimum absolute atomic E-state index is 0.686. The van der Waals surface area contributed by atoms with Crippen LogP contribution in [0.1, 0.15) is 11.1 Å². The van der Waals surface area contributed by atoms with Gasteiger partial charge in [-0.2, -0.15) is 0 Å². The van der Waals surface area contributed by atoms with Crippen LogP contribution in [0.2, 0.25) is 0 Å². The molecule has 0 heterocycles. The first-order valence-corrected chi connectivity index (χ1v) is 8.62. The van der Waals surface area contributed by atoms with E-state index >= 15 is 0 Å². The van der Waals surface area contributed by atoms with Gasteiger partial charge in [-0.15, -0.1) is 0 Å². The summed E-state index contributed by atoms with van der Waals surface area (Å²) in [6.45, 7) is 0.686. The third-order valence-electron chi connectivity index (χ3n) is 3.77. The fraction of sp³-hybridized carbons (Fsp3) is 0.174. The van der Waals surface area contributed by atoms with Gasteiger partial charge in [0.1, 0.15) is 17.2 Å². The van der Waals surface area contributed by atoms with Gasteiger partial charge >= 0.3 is 0 Å². The van der Waals surface area contributed by atoms with Gasteiger partial charge < -0.3 is 14.2 Å². The Morgan fingerprint density at radius 3 is 2.04 bits per heavy atom. The van der Waals surface area contributed by atoms with Gasteiger partial charge in [-0.3, -0.25) is 4.99 Å². The topological polar surface area (TPSA) is 40.0 Å². The second-order valence-corrected chi connectivity index (χ2v) is 5.55. The van der Waals surface area contributed by atoms with E-state index in [4.69, 9.17) is 14.2 Å².